The molecule has 0 bridgehead atoms. The molecular weight excluding hydrogens is 315 g/mol. The van der Waals surface area contributed by atoms with Crippen molar-refractivity contribution in [3.8, 4) is 0 Å². The van der Waals surface area contributed by atoms with Gasteiger partial charge in [-0.2, -0.15) is 0 Å². The fourth-order valence-corrected chi connectivity index (χ4v) is 5.96. The van der Waals surface area contributed by atoms with Gasteiger partial charge in [0.15, 0.2) is 0 Å². The number of aryl methyl sites for hydroxylation is 3. The van der Waals surface area contributed by atoms with Crippen molar-refractivity contribution in [2.45, 2.75) is 20.8 Å². The van der Waals surface area contributed by atoms with E-state index in [0.717, 1.165) is 16.7 Å². The van der Waals surface area contributed by atoms with E-state index in [4.69, 9.17) is 0 Å². The van der Waals surface area contributed by atoms with E-state index in [1.54, 1.807) is 0 Å². The maximum atomic E-state index is 11.8. The Hall–Kier alpha value is -1.99. The van der Waals surface area contributed by atoms with Gasteiger partial charge < -0.3 is 0 Å². The minimum atomic E-state index is -4.45. The normalized spacial score (nSPS) is 13.3. The monoisotopic (exact) mass is 338 g/mol. The predicted octanol–water partition coefficient (Wildman–Crippen LogP) is 3.26. The summed E-state index contributed by atoms with van der Waals surface area (Å²) in [6.45, 7) is 5.97. The molecule has 0 aliphatic heterocycles. The van der Waals surface area contributed by atoms with Crippen LogP contribution in [0.1, 0.15) is 16.7 Å². The fraction of sp³-hybridized carbons (Fsp3) is 0.143. The number of hydrogen-bond donors (Lipinski definition) is 2. The third-order valence-electron chi connectivity index (χ3n) is 4.57. The van der Waals surface area contributed by atoms with Crippen LogP contribution in [0.4, 0.5) is 0 Å². The van der Waals surface area contributed by atoms with Gasteiger partial charge in [-0.3, -0.25) is 0 Å². The number of hydrogen-bond acceptors (Lipinski definition) is 2. The van der Waals surface area contributed by atoms with Crippen molar-refractivity contribution in [1.29, 1.82) is 0 Å². The zero-order valence-electron chi connectivity index (χ0n) is 14.3. The van der Waals surface area contributed by atoms with E-state index in [-0.39, 0.29) is 0 Å². The third-order valence-corrected chi connectivity index (χ3v) is 8.40. The molecule has 0 amide bonds. The molecular formula is C21H23O2P. The second-order valence-corrected chi connectivity index (χ2v) is 10.1. The van der Waals surface area contributed by atoms with Crippen LogP contribution in [0.15, 0.2) is 72.8 Å². The first kappa shape index (κ1) is 16.9. The molecule has 2 N–H and O–H groups in total. The van der Waals surface area contributed by atoms with Gasteiger partial charge in [-0.05, 0) is 0 Å². The molecule has 0 aromatic heterocycles. The summed E-state index contributed by atoms with van der Waals surface area (Å²) in [7, 11) is -4.45. The van der Waals surface area contributed by atoms with Crippen LogP contribution in [0, 0.1) is 20.8 Å². The van der Waals surface area contributed by atoms with E-state index in [1.807, 2.05) is 93.6 Å². The zero-order chi connectivity index (χ0) is 17.4. The molecule has 3 heteroatoms. The molecule has 0 radical (unpaired) electrons. The topological polar surface area (TPSA) is 40.5 Å². The molecule has 0 unspecified atom stereocenters. The van der Waals surface area contributed by atoms with Crippen LogP contribution >= 0.6 is 7.06 Å². The van der Waals surface area contributed by atoms with Crippen molar-refractivity contribution in [1.82, 2.24) is 0 Å². The van der Waals surface area contributed by atoms with Gasteiger partial charge in [0.25, 0.3) is 0 Å². The van der Waals surface area contributed by atoms with Crippen molar-refractivity contribution in [3.63, 3.8) is 0 Å². The van der Waals surface area contributed by atoms with Crippen LogP contribution in [-0.4, -0.2) is 9.79 Å². The van der Waals surface area contributed by atoms with Crippen molar-refractivity contribution >= 4 is 23.0 Å². The predicted molar refractivity (Wildman–Crippen MR) is 104 cm³/mol. The maximum absolute atomic E-state index is 11.8. The summed E-state index contributed by atoms with van der Waals surface area (Å²) < 4.78 is 0. The molecule has 0 fully saturated rings. The van der Waals surface area contributed by atoms with Crippen LogP contribution in [0.3, 0.4) is 0 Å². The Bertz CT molecular complexity index is 730. The zero-order valence-corrected chi connectivity index (χ0v) is 15.2. The van der Waals surface area contributed by atoms with Crippen molar-refractivity contribution in [2.75, 3.05) is 0 Å². The summed E-state index contributed by atoms with van der Waals surface area (Å²) in [6, 6.07) is 22.5. The van der Waals surface area contributed by atoms with Crippen LogP contribution in [0.25, 0.3) is 0 Å². The summed E-state index contributed by atoms with van der Waals surface area (Å²) >= 11 is 0. The summed E-state index contributed by atoms with van der Waals surface area (Å²) in [5.41, 5.74) is 3.26. The van der Waals surface area contributed by atoms with Gasteiger partial charge in [0, 0.05) is 0 Å². The Morgan fingerprint density at radius 1 is 0.458 bits per heavy atom. The molecule has 3 rings (SSSR count). The Morgan fingerprint density at radius 2 is 0.667 bits per heavy atom. The van der Waals surface area contributed by atoms with E-state index >= 15 is 0 Å². The molecule has 3 aromatic rings. The molecule has 24 heavy (non-hydrogen) atoms. The molecule has 0 heterocycles. The summed E-state index contributed by atoms with van der Waals surface area (Å²) in [5.74, 6) is 0. The van der Waals surface area contributed by atoms with Crippen LogP contribution in [0.2, 0.25) is 0 Å². The van der Waals surface area contributed by atoms with Crippen LogP contribution in [-0.2, 0) is 0 Å². The van der Waals surface area contributed by atoms with Gasteiger partial charge in [0.1, 0.15) is 0 Å². The quantitative estimate of drug-likeness (QED) is 0.720. The molecule has 0 atom stereocenters. The minimum absolute atomic E-state index is 0.555. The standard InChI is InChI=1S/C21H23O2P/c1-16-4-10-19(11-5-16)24(22,23,20-12-6-17(2)7-13-20)21-14-8-18(3)9-15-21/h4-15,22-23H,1-3H3. The van der Waals surface area contributed by atoms with Crippen molar-refractivity contribution < 1.29 is 9.79 Å². The second kappa shape index (κ2) is 5.82. The molecule has 0 spiro atoms. The summed E-state index contributed by atoms with van der Waals surface area (Å²) in [5, 5.41) is 1.66. The molecule has 3 aromatic carbocycles. The molecule has 0 saturated carbocycles. The first-order valence-electron chi connectivity index (χ1n) is 8.03. The van der Waals surface area contributed by atoms with E-state index in [9.17, 15) is 9.79 Å². The van der Waals surface area contributed by atoms with Gasteiger partial charge in [-0.15, -0.1) is 0 Å². The average molecular weight is 338 g/mol. The first-order chi connectivity index (χ1) is 11.3. The fourth-order valence-electron chi connectivity index (χ4n) is 2.93. The van der Waals surface area contributed by atoms with E-state index in [2.05, 4.69) is 0 Å². The summed E-state index contributed by atoms with van der Waals surface area (Å²) in [4.78, 5) is 23.7. The Balaban J connectivity index is 2.33. The van der Waals surface area contributed by atoms with Gasteiger partial charge in [-0.1, -0.05) is 0 Å². The Morgan fingerprint density at radius 3 is 0.875 bits per heavy atom. The number of benzene rings is 3. The molecule has 0 aliphatic rings. The van der Waals surface area contributed by atoms with Gasteiger partial charge >= 0.3 is 143 Å². The van der Waals surface area contributed by atoms with Crippen molar-refractivity contribution in [2.24, 2.45) is 0 Å². The van der Waals surface area contributed by atoms with Gasteiger partial charge in [0.05, 0.1) is 0 Å². The Kier molecular flexibility index (Phi) is 4.09. The molecule has 124 valence electrons. The van der Waals surface area contributed by atoms with E-state index in [0.29, 0.717) is 15.9 Å². The van der Waals surface area contributed by atoms with Gasteiger partial charge in [0.2, 0.25) is 0 Å². The van der Waals surface area contributed by atoms with E-state index in [1.165, 1.54) is 0 Å². The van der Waals surface area contributed by atoms with Crippen molar-refractivity contribution in [3.05, 3.63) is 89.5 Å². The molecule has 0 aliphatic carbocycles. The third kappa shape index (κ3) is 2.67. The van der Waals surface area contributed by atoms with Gasteiger partial charge in [-0.25, -0.2) is 0 Å². The average Bonchev–Trinajstić information content (AvgIpc) is 2.56. The summed E-state index contributed by atoms with van der Waals surface area (Å²) in [6.07, 6.45) is 0. The Labute approximate surface area is 143 Å². The number of rotatable bonds is 3. The molecule has 0 saturated heterocycles. The first-order valence-corrected chi connectivity index (χ1v) is 10.2. The molecule has 2 nitrogen and oxygen atoms in total. The van der Waals surface area contributed by atoms with Crippen LogP contribution in [0.5, 0.6) is 0 Å². The SMILES string of the molecule is Cc1ccc(P(O)(O)(c2ccc(C)cc2)c2ccc(C)cc2)cc1. The van der Waals surface area contributed by atoms with Crippen LogP contribution < -0.4 is 15.9 Å². The second-order valence-electron chi connectivity index (χ2n) is 6.53. The van der Waals surface area contributed by atoms with E-state index < -0.39 is 7.06 Å².